The van der Waals surface area contributed by atoms with E-state index in [0.29, 0.717) is 37.6 Å². The number of ether oxygens (including phenoxy) is 3. The second-order valence-electron chi connectivity index (χ2n) is 6.39. The van der Waals surface area contributed by atoms with Gasteiger partial charge >= 0.3 is 5.97 Å². The van der Waals surface area contributed by atoms with E-state index in [1.165, 1.54) is 52.9 Å². The van der Waals surface area contributed by atoms with Gasteiger partial charge in [0.1, 0.15) is 24.8 Å². The summed E-state index contributed by atoms with van der Waals surface area (Å²) in [6.45, 7) is 1.62. The molecule has 1 fully saturated rings. The summed E-state index contributed by atoms with van der Waals surface area (Å²) in [5.41, 5.74) is 0.662. The number of nitrogens with zero attached hydrogens (tertiary/aromatic N) is 1. The highest BCUT2D eigenvalue weighted by Crippen LogP contribution is 2.18. The first-order chi connectivity index (χ1) is 14.4. The zero-order valence-electron chi connectivity index (χ0n) is 16.2. The van der Waals surface area contributed by atoms with Crippen molar-refractivity contribution in [1.82, 2.24) is 4.31 Å². The molecule has 3 rings (SSSR count). The molecule has 0 atom stereocenters. The lowest BCUT2D eigenvalue weighted by molar-refractivity contribution is -0.138. The SMILES string of the molecule is O=C(/C=C/c1ccc(S(=O)(=O)N2CCOCC2)cc1)OCCOc1ccc(F)cc1. The average molecular weight is 435 g/mol. The third kappa shape index (κ3) is 6.12. The van der Waals surface area contributed by atoms with Crippen molar-refractivity contribution in [3.8, 4) is 5.75 Å². The van der Waals surface area contributed by atoms with E-state index in [1.54, 1.807) is 12.1 Å². The normalized spacial score (nSPS) is 15.2. The Kier molecular flexibility index (Phi) is 7.56. The summed E-state index contributed by atoms with van der Waals surface area (Å²) in [5, 5.41) is 0. The van der Waals surface area contributed by atoms with Crippen molar-refractivity contribution in [1.29, 1.82) is 0 Å². The molecule has 1 heterocycles. The molecule has 1 aliphatic rings. The molecule has 0 aliphatic carbocycles. The lowest BCUT2D eigenvalue weighted by Crippen LogP contribution is -2.40. The highest BCUT2D eigenvalue weighted by molar-refractivity contribution is 7.89. The Hall–Kier alpha value is -2.75. The number of hydrogen-bond acceptors (Lipinski definition) is 6. The van der Waals surface area contributed by atoms with Crippen LogP contribution < -0.4 is 4.74 Å². The Bertz CT molecular complexity index is 968. The van der Waals surface area contributed by atoms with E-state index in [4.69, 9.17) is 14.2 Å². The van der Waals surface area contributed by atoms with Gasteiger partial charge in [-0.05, 0) is 48.0 Å². The summed E-state index contributed by atoms with van der Waals surface area (Å²) < 4.78 is 54.9. The van der Waals surface area contributed by atoms with E-state index >= 15 is 0 Å². The fraction of sp³-hybridized carbons (Fsp3) is 0.286. The number of morpholine rings is 1. The zero-order chi connectivity index (χ0) is 21.4. The predicted molar refractivity (Wildman–Crippen MR) is 108 cm³/mol. The molecule has 9 heteroatoms. The maximum atomic E-state index is 12.8. The minimum absolute atomic E-state index is 0.0390. The molecule has 0 unspecified atom stereocenters. The van der Waals surface area contributed by atoms with Crippen LogP contribution in [0.3, 0.4) is 0 Å². The maximum Gasteiger partial charge on any atom is 0.330 e. The average Bonchev–Trinajstić information content (AvgIpc) is 2.77. The molecule has 160 valence electrons. The molecular weight excluding hydrogens is 413 g/mol. The van der Waals surface area contributed by atoms with Gasteiger partial charge in [-0.2, -0.15) is 4.31 Å². The molecule has 0 radical (unpaired) electrons. The molecule has 7 nitrogen and oxygen atoms in total. The van der Waals surface area contributed by atoms with Gasteiger partial charge in [-0.15, -0.1) is 0 Å². The maximum absolute atomic E-state index is 12.8. The van der Waals surface area contributed by atoms with E-state index < -0.39 is 16.0 Å². The number of sulfonamides is 1. The summed E-state index contributed by atoms with van der Waals surface area (Å²) in [6.07, 6.45) is 2.79. The Morgan fingerprint density at radius 1 is 1.03 bits per heavy atom. The first-order valence-corrected chi connectivity index (χ1v) is 10.8. The first-order valence-electron chi connectivity index (χ1n) is 9.36. The Morgan fingerprint density at radius 2 is 1.70 bits per heavy atom. The van der Waals surface area contributed by atoms with Crippen LogP contribution in [0.15, 0.2) is 59.5 Å². The van der Waals surface area contributed by atoms with Gasteiger partial charge in [-0.3, -0.25) is 0 Å². The summed E-state index contributed by atoms with van der Waals surface area (Å²) in [7, 11) is -3.55. The molecule has 0 saturated carbocycles. The number of esters is 1. The van der Waals surface area contributed by atoms with Crippen molar-refractivity contribution in [2.45, 2.75) is 4.90 Å². The van der Waals surface area contributed by atoms with Gasteiger partial charge in [0.15, 0.2) is 0 Å². The lowest BCUT2D eigenvalue weighted by atomic mass is 10.2. The molecule has 2 aromatic rings. The van der Waals surface area contributed by atoms with Crippen molar-refractivity contribution >= 4 is 22.1 Å². The van der Waals surface area contributed by atoms with Crippen LogP contribution >= 0.6 is 0 Å². The Morgan fingerprint density at radius 3 is 2.37 bits per heavy atom. The number of rotatable bonds is 8. The van der Waals surface area contributed by atoms with Crippen LogP contribution in [-0.2, 0) is 24.3 Å². The largest absolute Gasteiger partial charge is 0.490 e. The third-order valence-electron chi connectivity index (χ3n) is 4.31. The molecule has 0 N–H and O–H groups in total. The zero-order valence-corrected chi connectivity index (χ0v) is 17.0. The fourth-order valence-electron chi connectivity index (χ4n) is 2.73. The number of carbonyl (C=O) groups excluding carboxylic acids is 1. The van der Waals surface area contributed by atoms with Crippen molar-refractivity contribution < 1.29 is 31.8 Å². The van der Waals surface area contributed by atoms with Crippen LogP contribution in [0.1, 0.15) is 5.56 Å². The molecule has 1 aliphatic heterocycles. The molecular formula is C21H22FNO6S. The van der Waals surface area contributed by atoms with E-state index in [2.05, 4.69) is 0 Å². The molecule has 0 aromatic heterocycles. The summed E-state index contributed by atoms with van der Waals surface area (Å²) >= 11 is 0. The lowest BCUT2D eigenvalue weighted by Gasteiger charge is -2.26. The predicted octanol–water partition coefficient (Wildman–Crippen LogP) is 2.48. The van der Waals surface area contributed by atoms with Crippen LogP contribution in [-0.4, -0.2) is 58.2 Å². The molecule has 30 heavy (non-hydrogen) atoms. The third-order valence-corrected chi connectivity index (χ3v) is 6.22. The number of hydrogen-bond donors (Lipinski definition) is 0. The van der Waals surface area contributed by atoms with Crippen LogP contribution in [0.5, 0.6) is 5.75 Å². The highest BCUT2D eigenvalue weighted by Gasteiger charge is 2.25. The van der Waals surface area contributed by atoms with Crippen LogP contribution in [0.25, 0.3) is 6.08 Å². The van der Waals surface area contributed by atoms with Gasteiger partial charge in [0, 0.05) is 19.2 Å². The van der Waals surface area contributed by atoms with Gasteiger partial charge in [0.2, 0.25) is 10.0 Å². The van der Waals surface area contributed by atoms with Crippen molar-refractivity contribution in [2.24, 2.45) is 0 Å². The number of carbonyl (C=O) groups is 1. The molecule has 0 spiro atoms. The summed E-state index contributed by atoms with van der Waals surface area (Å²) in [5.74, 6) is -0.427. The van der Waals surface area contributed by atoms with E-state index in [1.807, 2.05) is 0 Å². The van der Waals surface area contributed by atoms with Crippen molar-refractivity contribution in [3.63, 3.8) is 0 Å². The van der Waals surface area contributed by atoms with Gasteiger partial charge in [-0.1, -0.05) is 12.1 Å². The Labute approximate surface area is 174 Å². The molecule has 0 amide bonds. The van der Waals surface area contributed by atoms with Crippen LogP contribution in [0, 0.1) is 5.82 Å². The van der Waals surface area contributed by atoms with Crippen molar-refractivity contribution in [3.05, 3.63) is 66.0 Å². The molecule has 2 aromatic carbocycles. The van der Waals surface area contributed by atoms with Crippen LogP contribution in [0.2, 0.25) is 0 Å². The first kappa shape index (κ1) is 21.9. The second kappa shape index (κ2) is 10.3. The fourth-order valence-corrected chi connectivity index (χ4v) is 4.14. The number of benzene rings is 2. The van der Waals surface area contributed by atoms with Gasteiger partial charge in [0.25, 0.3) is 0 Å². The monoisotopic (exact) mass is 435 g/mol. The standard InChI is InChI=1S/C21H22FNO6S/c22-18-4-6-19(7-5-18)28-15-16-29-21(24)10-3-17-1-8-20(9-2-17)30(25,26)23-11-13-27-14-12-23/h1-10H,11-16H2/b10-3+. The number of halogens is 1. The Balaban J connectivity index is 1.46. The van der Waals surface area contributed by atoms with Crippen molar-refractivity contribution in [2.75, 3.05) is 39.5 Å². The van der Waals surface area contributed by atoms with Gasteiger partial charge < -0.3 is 14.2 Å². The van der Waals surface area contributed by atoms with E-state index in [-0.39, 0.29) is 23.9 Å². The minimum atomic E-state index is -3.55. The van der Waals surface area contributed by atoms with E-state index in [0.717, 1.165) is 0 Å². The second-order valence-corrected chi connectivity index (χ2v) is 8.33. The summed E-state index contributed by atoms with van der Waals surface area (Å²) in [6, 6.07) is 11.8. The van der Waals surface area contributed by atoms with Crippen LogP contribution in [0.4, 0.5) is 4.39 Å². The molecule has 0 bridgehead atoms. The quantitative estimate of drug-likeness (QED) is 0.360. The van der Waals surface area contributed by atoms with E-state index in [9.17, 15) is 17.6 Å². The smallest absolute Gasteiger partial charge is 0.330 e. The summed E-state index contributed by atoms with van der Waals surface area (Å²) in [4.78, 5) is 12.0. The topological polar surface area (TPSA) is 82.1 Å². The van der Waals surface area contributed by atoms with Gasteiger partial charge in [-0.25, -0.2) is 17.6 Å². The highest BCUT2D eigenvalue weighted by atomic mass is 32.2. The van der Waals surface area contributed by atoms with Gasteiger partial charge in [0.05, 0.1) is 18.1 Å². The minimum Gasteiger partial charge on any atom is -0.490 e. The molecule has 1 saturated heterocycles.